The van der Waals surface area contributed by atoms with E-state index in [4.69, 9.17) is 9.41 Å². The molecule has 2 heterocycles. The molecule has 1 aliphatic rings. The number of carbonyl (C=O) groups excluding carboxylic acids is 1. The summed E-state index contributed by atoms with van der Waals surface area (Å²) in [6, 6.07) is 16.1. The zero-order chi connectivity index (χ0) is 24.2. The highest BCUT2D eigenvalue weighted by Crippen LogP contribution is 2.36. The van der Waals surface area contributed by atoms with Crippen LogP contribution in [0.1, 0.15) is 36.7 Å². The summed E-state index contributed by atoms with van der Waals surface area (Å²) < 4.78 is 5.96. The van der Waals surface area contributed by atoms with Gasteiger partial charge in [-0.05, 0) is 61.9 Å². The molecule has 0 unspecified atom stereocenters. The Balaban J connectivity index is 1.64. The predicted molar refractivity (Wildman–Crippen MR) is 136 cm³/mol. The number of unbranched alkanes of at least 4 members (excludes halogenated alkanes) is 1. The number of thioether (sulfide) groups is 1. The molecule has 0 spiro atoms. The Hall–Kier alpha value is -3.65. The van der Waals surface area contributed by atoms with E-state index in [1.54, 1.807) is 29.2 Å². The van der Waals surface area contributed by atoms with Gasteiger partial charge in [-0.2, -0.15) is 0 Å². The molecule has 4 rings (SSSR count). The number of nitro groups is 1. The Morgan fingerprint density at radius 1 is 1.12 bits per heavy atom. The number of aryl methyl sites for hydroxylation is 2. The Morgan fingerprint density at radius 2 is 1.88 bits per heavy atom. The largest absolute Gasteiger partial charge is 0.457 e. The minimum Gasteiger partial charge on any atom is -0.457 e. The third-order valence-electron chi connectivity index (χ3n) is 5.48. The molecule has 1 saturated heterocycles. The highest BCUT2D eigenvalue weighted by molar-refractivity contribution is 8.18. The number of nitrogens with zero attached hydrogens (tertiary/aromatic N) is 3. The average Bonchev–Trinajstić information content (AvgIpc) is 3.39. The van der Waals surface area contributed by atoms with Crippen LogP contribution in [-0.2, 0) is 4.79 Å². The molecule has 1 aliphatic heterocycles. The molecule has 34 heavy (non-hydrogen) atoms. The van der Waals surface area contributed by atoms with E-state index >= 15 is 0 Å². The molecule has 174 valence electrons. The fraction of sp³-hybridized carbons (Fsp3) is 0.231. The molecule has 0 atom stereocenters. The van der Waals surface area contributed by atoms with Crippen molar-refractivity contribution in [2.75, 3.05) is 6.54 Å². The molecular formula is C26H25N3O4S. The summed E-state index contributed by atoms with van der Waals surface area (Å²) in [5.41, 5.74) is 3.46. The first-order valence-electron chi connectivity index (χ1n) is 11.1. The van der Waals surface area contributed by atoms with E-state index in [0.29, 0.717) is 33.7 Å². The Bertz CT molecular complexity index is 1290. The van der Waals surface area contributed by atoms with Gasteiger partial charge in [-0.15, -0.1) is 0 Å². The van der Waals surface area contributed by atoms with Crippen molar-refractivity contribution in [2.45, 2.75) is 33.6 Å². The van der Waals surface area contributed by atoms with Gasteiger partial charge in [-0.1, -0.05) is 37.1 Å². The van der Waals surface area contributed by atoms with Gasteiger partial charge < -0.3 is 4.42 Å². The van der Waals surface area contributed by atoms with Gasteiger partial charge >= 0.3 is 0 Å². The van der Waals surface area contributed by atoms with Crippen molar-refractivity contribution in [2.24, 2.45) is 4.99 Å². The highest BCUT2D eigenvalue weighted by atomic mass is 32.2. The fourth-order valence-corrected chi connectivity index (χ4v) is 4.53. The third-order valence-corrected chi connectivity index (χ3v) is 6.49. The summed E-state index contributed by atoms with van der Waals surface area (Å²) in [4.78, 5) is 30.9. The highest BCUT2D eigenvalue weighted by Gasteiger charge is 2.33. The molecule has 0 N–H and O–H groups in total. The van der Waals surface area contributed by atoms with Crippen molar-refractivity contribution in [3.8, 4) is 11.3 Å². The van der Waals surface area contributed by atoms with Crippen LogP contribution in [0, 0.1) is 24.0 Å². The van der Waals surface area contributed by atoms with Crippen molar-refractivity contribution < 1.29 is 14.1 Å². The number of amidine groups is 1. The molecule has 2 aromatic carbocycles. The van der Waals surface area contributed by atoms with Gasteiger partial charge in [0, 0.05) is 30.3 Å². The number of carbonyl (C=O) groups is 1. The zero-order valence-electron chi connectivity index (χ0n) is 19.3. The number of hydrogen-bond acceptors (Lipinski definition) is 6. The second-order valence-electron chi connectivity index (χ2n) is 8.11. The lowest BCUT2D eigenvalue weighted by Gasteiger charge is -2.14. The first-order valence-corrected chi connectivity index (χ1v) is 11.9. The molecule has 0 saturated carbocycles. The van der Waals surface area contributed by atoms with E-state index in [1.807, 2.05) is 38.1 Å². The van der Waals surface area contributed by atoms with E-state index in [9.17, 15) is 14.9 Å². The van der Waals surface area contributed by atoms with Crippen LogP contribution in [-0.4, -0.2) is 27.4 Å². The lowest BCUT2D eigenvalue weighted by molar-refractivity contribution is -0.384. The Morgan fingerprint density at radius 3 is 2.59 bits per heavy atom. The first kappa shape index (κ1) is 23.5. The number of amides is 1. The van der Waals surface area contributed by atoms with Crippen molar-refractivity contribution in [3.05, 3.63) is 86.5 Å². The molecule has 7 nitrogen and oxygen atoms in total. The molecule has 0 bridgehead atoms. The molecule has 8 heteroatoms. The normalized spacial score (nSPS) is 16.1. The smallest absolute Gasteiger partial charge is 0.270 e. The van der Waals surface area contributed by atoms with Gasteiger partial charge in [0.1, 0.15) is 11.5 Å². The predicted octanol–water partition coefficient (Wildman–Crippen LogP) is 6.88. The molecule has 1 amide bonds. The van der Waals surface area contributed by atoms with Gasteiger partial charge in [-0.25, -0.2) is 4.99 Å². The summed E-state index contributed by atoms with van der Waals surface area (Å²) >= 11 is 1.32. The number of rotatable bonds is 7. The second-order valence-corrected chi connectivity index (χ2v) is 9.12. The molecule has 1 aromatic heterocycles. The van der Waals surface area contributed by atoms with Crippen LogP contribution < -0.4 is 0 Å². The summed E-state index contributed by atoms with van der Waals surface area (Å²) in [6.07, 6.45) is 3.55. The van der Waals surface area contributed by atoms with E-state index in [1.165, 1.54) is 23.9 Å². The molecule has 3 aromatic rings. The van der Waals surface area contributed by atoms with Crippen LogP contribution in [0.15, 0.2) is 68.9 Å². The van der Waals surface area contributed by atoms with E-state index in [0.717, 1.165) is 29.7 Å². The van der Waals surface area contributed by atoms with E-state index in [-0.39, 0.29) is 11.6 Å². The van der Waals surface area contributed by atoms with Gasteiger partial charge in [0.25, 0.3) is 11.6 Å². The summed E-state index contributed by atoms with van der Waals surface area (Å²) in [5, 5.41) is 11.8. The van der Waals surface area contributed by atoms with Crippen molar-refractivity contribution in [1.29, 1.82) is 0 Å². The van der Waals surface area contributed by atoms with Gasteiger partial charge in [0.15, 0.2) is 5.17 Å². The minimum absolute atomic E-state index is 0.00181. The van der Waals surface area contributed by atoms with Crippen LogP contribution >= 0.6 is 11.8 Å². The number of nitro benzene ring substituents is 1. The second kappa shape index (κ2) is 10.1. The van der Waals surface area contributed by atoms with E-state index < -0.39 is 4.92 Å². The number of furan rings is 1. The summed E-state index contributed by atoms with van der Waals surface area (Å²) in [7, 11) is 0. The van der Waals surface area contributed by atoms with Gasteiger partial charge in [0.2, 0.25) is 0 Å². The quantitative estimate of drug-likeness (QED) is 0.211. The van der Waals surface area contributed by atoms with Crippen LogP contribution in [0.25, 0.3) is 17.4 Å². The monoisotopic (exact) mass is 475 g/mol. The van der Waals surface area contributed by atoms with Crippen LogP contribution in [0.2, 0.25) is 0 Å². The minimum atomic E-state index is -0.428. The summed E-state index contributed by atoms with van der Waals surface area (Å²) in [5.74, 6) is 0.914. The maximum atomic E-state index is 13.2. The number of benzene rings is 2. The lowest BCUT2D eigenvalue weighted by Crippen LogP contribution is -2.30. The summed E-state index contributed by atoms with van der Waals surface area (Å²) in [6.45, 7) is 6.57. The maximum absolute atomic E-state index is 13.2. The zero-order valence-corrected chi connectivity index (χ0v) is 20.1. The topological polar surface area (TPSA) is 89.0 Å². The first-order chi connectivity index (χ1) is 16.4. The lowest BCUT2D eigenvalue weighted by atomic mass is 10.1. The van der Waals surface area contributed by atoms with Crippen LogP contribution in [0.5, 0.6) is 0 Å². The molecule has 0 radical (unpaired) electrons. The maximum Gasteiger partial charge on any atom is 0.270 e. The van der Waals surface area contributed by atoms with Crippen molar-refractivity contribution in [3.63, 3.8) is 0 Å². The van der Waals surface area contributed by atoms with Crippen LogP contribution in [0.3, 0.4) is 0 Å². The molecule has 0 aliphatic carbocycles. The fourth-order valence-electron chi connectivity index (χ4n) is 3.53. The number of aliphatic imine (C=N–C) groups is 1. The number of non-ortho nitro benzene ring substituents is 1. The standard InChI is InChI=1S/C26H25N3O4S/c1-4-5-14-28-25(30)24(34-26(28)27-19-9-6-17(2)7-10-19)16-21-12-13-23(33-21)22-15-20(29(31)32)11-8-18(22)3/h6-13,15-16H,4-5,14H2,1-3H3/b24-16+,27-26?. The molecular weight excluding hydrogens is 450 g/mol. The SMILES string of the molecule is CCCCN1C(=O)/C(=C\c2ccc(-c3cc([N+](=O)[O-])ccc3C)o2)SC1=Nc1ccc(C)cc1. The average molecular weight is 476 g/mol. The Labute approximate surface area is 202 Å². The Kier molecular flexibility index (Phi) is 6.98. The molecule has 1 fully saturated rings. The van der Waals surface area contributed by atoms with Crippen LogP contribution in [0.4, 0.5) is 11.4 Å². The van der Waals surface area contributed by atoms with Crippen molar-refractivity contribution in [1.82, 2.24) is 4.90 Å². The van der Waals surface area contributed by atoms with Gasteiger partial charge in [-0.3, -0.25) is 19.8 Å². The number of hydrogen-bond donors (Lipinski definition) is 0. The third kappa shape index (κ3) is 5.12. The van der Waals surface area contributed by atoms with Gasteiger partial charge in [0.05, 0.1) is 15.5 Å². The van der Waals surface area contributed by atoms with Crippen molar-refractivity contribution >= 4 is 40.3 Å². The van der Waals surface area contributed by atoms with E-state index in [2.05, 4.69) is 6.92 Å².